The van der Waals surface area contributed by atoms with E-state index in [0.29, 0.717) is 24.9 Å². The average Bonchev–Trinajstić information content (AvgIpc) is 3.25. The van der Waals surface area contributed by atoms with Crippen molar-refractivity contribution in [2.24, 2.45) is 11.8 Å². The molecular formula is C21H26N4OS2. The highest BCUT2D eigenvalue weighted by Gasteiger charge is 2.27. The second kappa shape index (κ2) is 8.25. The molecule has 0 saturated heterocycles. The zero-order valence-electron chi connectivity index (χ0n) is 16.6. The predicted octanol–water partition coefficient (Wildman–Crippen LogP) is 4.92. The molecule has 0 N–H and O–H groups in total. The lowest BCUT2D eigenvalue weighted by Gasteiger charge is -2.24. The van der Waals surface area contributed by atoms with Crippen LogP contribution in [0.3, 0.4) is 0 Å². The highest BCUT2D eigenvalue weighted by molar-refractivity contribution is 8.00. The number of hydrogen-bond acceptors (Lipinski definition) is 5. The Morgan fingerprint density at radius 3 is 2.86 bits per heavy atom. The van der Waals surface area contributed by atoms with Crippen LogP contribution in [0.25, 0.3) is 11.2 Å². The van der Waals surface area contributed by atoms with Gasteiger partial charge < -0.3 is 9.47 Å². The van der Waals surface area contributed by atoms with Gasteiger partial charge in [0.05, 0.1) is 15.6 Å². The molecule has 5 nitrogen and oxygen atoms in total. The zero-order chi connectivity index (χ0) is 19.7. The van der Waals surface area contributed by atoms with Crippen LogP contribution in [0.15, 0.2) is 34.7 Å². The molecule has 3 aromatic rings. The van der Waals surface area contributed by atoms with E-state index in [-0.39, 0.29) is 5.91 Å². The molecule has 1 fully saturated rings. The van der Waals surface area contributed by atoms with Gasteiger partial charge in [-0.3, -0.25) is 4.79 Å². The maximum Gasteiger partial charge on any atom is 0.264 e. The van der Waals surface area contributed by atoms with E-state index in [9.17, 15) is 4.79 Å². The van der Waals surface area contributed by atoms with Gasteiger partial charge in [-0.2, -0.15) is 0 Å². The minimum Gasteiger partial charge on any atom is -0.330 e. The molecule has 0 radical (unpaired) electrons. The van der Waals surface area contributed by atoms with Crippen molar-refractivity contribution in [3.63, 3.8) is 0 Å². The SMILES string of the molecule is CSc1ccc(C(=O)N(Cc2nc3cccnc3n2CC2CC2)CC(C)C)s1. The van der Waals surface area contributed by atoms with E-state index in [1.165, 1.54) is 12.8 Å². The molecule has 0 unspecified atom stereocenters. The van der Waals surface area contributed by atoms with Crippen molar-refractivity contribution in [2.75, 3.05) is 12.8 Å². The van der Waals surface area contributed by atoms with Crippen LogP contribution in [0.4, 0.5) is 0 Å². The summed E-state index contributed by atoms with van der Waals surface area (Å²) in [5, 5.41) is 0. The van der Waals surface area contributed by atoms with Crippen molar-refractivity contribution >= 4 is 40.2 Å². The van der Waals surface area contributed by atoms with Crippen LogP contribution in [-0.2, 0) is 13.1 Å². The number of carbonyl (C=O) groups excluding carboxylic acids is 1. The number of imidazole rings is 1. The molecule has 0 spiro atoms. The molecule has 1 aliphatic rings. The first-order valence-electron chi connectivity index (χ1n) is 9.78. The Hall–Kier alpha value is -1.86. The fraction of sp³-hybridized carbons (Fsp3) is 0.476. The number of nitrogens with zero attached hydrogens (tertiary/aromatic N) is 4. The van der Waals surface area contributed by atoms with Gasteiger partial charge in [0.25, 0.3) is 5.91 Å². The fourth-order valence-electron chi connectivity index (χ4n) is 3.41. The van der Waals surface area contributed by atoms with Crippen molar-refractivity contribution < 1.29 is 4.79 Å². The number of thiophene rings is 1. The average molecular weight is 415 g/mol. The molecule has 7 heteroatoms. The van der Waals surface area contributed by atoms with Crippen molar-refractivity contribution in [2.45, 2.75) is 44.0 Å². The molecule has 0 bridgehead atoms. The Morgan fingerprint density at radius 2 is 2.18 bits per heavy atom. The van der Waals surface area contributed by atoms with Crippen LogP contribution >= 0.6 is 23.1 Å². The Balaban J connectivity index is 1.65. The van der Waals surface area contributed by atoms with E-state index in [1.807, 2.05) is 41.6 Å². The lowest BCUT2D eigenvalue weighted by molar-refractivity contribution is 0.0721. The second-order valence-electron chi connectivity index (χ2n) is 7.83. The smallest absolute Gasteiger partial charge is 0.264 e. The minimum atomic E-state index is 0.0944. The number of thioether (sulfide) groups is 1. The number of amides is 1. The first-order chi connectivity index (χ1) is 13.5. The third-order valence-electron chi connectivity index (χ3n) is 4.92. The van der Waals surface area contributed by atoms with Gasteiger partial charge in [0.15, 0.2) is 5.65 Å². The summed E-state index contributed by atoms with van der Waals surface area (Å²) in [6, 6.07) is 7.91. The quantitative estimate of drug-likeness (QED) is 0.491. The van der Waals surface area contributed by atoms with Gasteiger partial charge in [0, 0.05) is 19.3 Å². The topological polar surface area (TPSA) is 51.0 Å². The molecule has 4 rings (SSSR count). The lowest BCUT2D eigenvalue weighted by Crippen LogP contribution is -2.34. The number of hydrogen-bond donors (Lipinski definition) is 0. The van der Waals surface area contributed by atoms with Crippen molar-refractivity contribution in [3.05, 3.63) is 41.2 Å². The first-order valence-corrected chi connectivity index (χ1v) is 11.8. The standard InChI is InChI=1S/C21H26N4OS2/c1-14(2)11-24(21(26)17-8-9-19(27-3)28-17)13-18-23-16-5-4-10-22-20(16)25(18)12-15-6-7-15/h4-5,8-10,14-15H,6-7,11-13H2,1-3H3. The Labute approximate surface area is 174 Å². The summed E-state index contributed by atoms with van der Waals surface area (Å²) in [7, 11) is 0. The van der Waals surface area contributed by atoms with Gasteiger partial charge in [-0.05, 0) is 55.2 Å². The van der Waals surface area contributed by atoms with Crippen LogP contribution in [-0.4, -0.2) is 38.1 Å². The van der Waals surface area contributed by atoms with Gasteiger partial charge in [0.1, 0.15) is 11.3 Å². The highest BCUT2D eigenvalue weighted by Crippen LogP contribution is 2.32. The molecule has 1 aliphatic carbocycles. The minimum absolute atomic E-state index is 0.0944. The van der Waals surface area contributed by atoms with Gasteiger partial charge in [-0.25, -0.2) is 9.97 Å². The van der Waals surface area contributed by atoms with Gasteiger partial charge in [-0.15, -0.1) is 23.1 Å². The summed E-state index contributed by atoms with van der Waals surface area (Å²) in [5.41, 5.74) is 1.85. The number of fused-ring (bicyclic) bond motifs is 1. The molecule has 148 valence electrons. The molecule has 0 atom stereocenters. The summed E-state index contributed by atoms with van der Waals surface area (Å²) < 4.78 is 3.40. The number of aromatic nitrogens is 3. The van der Waals surface area contributed by atoms with Crippen LogP contribution in [0.1, 0.15) is 42.2 Å². The van der Waals surface area contributed by atoms with E-state index in [2.05, 4.69) is 23.4 Å². The van der Waals surface area contributed by atoms with E-state index in [1.54, 1.807) is 23.1 Å². The Kier molecular flexibility index (Phi) is 5.73. The summed E-state index contributed by atoms with van der Waals surface area (Å²) >= 11 is 3.25. The fourth-order valence-corrected chi connectivity index (χ4v) is 4.92. The molecule has 1 saturated carbocycles. The van der Waals surface area contributed by atoms with Crippen molar-refractivity contribution in [3.8, 4) is 0 Å². The molecule has 1 amide bonds. The summed E-state index contributed by atoms with van der Waals surface area (Å²) in [5.74, 6) is 2.14. The van der Waals surface area contributed by atoms with Gasteiger partial charge in [0.2, 0.25) is 0 Å². The van der Waals surface area contributed by atoms with E-state index >= 15 is 0 Å². The monoisotopic (exact) mass is 414 g/mol. The first kappa shape index (κ1) is 19.5. The normalized spacial score (nSPS) is 14.1. The van der Waals surface area contributed by atoms with E-state index < -0.39 is 0 Å². The summed E-state index contributed by atoms with van der Waals surface area (Å²) in [6.07, 6.45) is 6.41. The lowest BCUT2D eigenvalue weighted by atomic mass is 10.2. The molecule has 0 aliphatic heterocycles. The van der Waals surface area contributed by atoms with Crippen LogP contribution in [0.5, 0.6) is 0 Å². The molecule has 3 aromatic heterocycles. The van der Waals surface area contributed by atoms with Gasteiger partial charge >= 0.3 is 0 Å². The highest BCUT2D eigenvalue weighted by atomic mass is 32.2. The number of pyridine rings is 1. The Morgan fingerprint density at radius 1 is 1.36 bits per heavy atom. The van der Waals surface area contributed by atoms with E-state index in [4.69, 9.17) is 4.98 Å². The van der Waals surface area contributed by atoms with Gasteiger partial charge in [-0.1, -0.05) is 13.8 Å². The Bertz CT molecular complexity index is 974. The van der Waals surface area contributed by atoms with Crippen LogP contribution < -0.4 is 0 Å². The molecular weight excluding hydrogens is 388 g/mol. The van der Waals surface area contributed by atoms with Crippen LogP contribution in [0, 0.1) is 11.8 Å². The third-order valence-corrected chi connectivity index (χ3v) is 7.08. The summed E-state index contributed by atoms with van der Waals surface area (Å²) in [6.45, 7) is 6.48. The predicted molar refractivity (Wildman–Crippen MR) is 116 cm³/mol. The number of rotatable bonds is 8. The van der Waals surface area contributed by atoms with E-state index in [0.717, 1.165) is 32.6 Å². The molecule has 3 heterocycles. The third kappa shape index (κ3) is 4.25. The van der Waals surface area contributed by atoms with Crippen molar-refractivity contribution in [1.29, 1.82) is 0 Å². The summed E-state index contributed by atoms with van der Waals surface area (Å²) in [4.78, 5) is 25.4. The maximum absolute atomic E-state index is 13.2. The van der Waals surface area contributed by atoms with Crippen molar-refractivity contribution in [1.82, 2.24) is 19.4 Å². The molecule has 0 aromatic carbocycles. The maximum atomic E-state index is 13.2. The van der Waals surface area contributed by atoms with Crippen LogP contribution in [0.2, 0.25) is 0 Å². The second-order valence-corrected chi connectivity index (χ2v) is 10.0. The molecule has 28 heavy (non-hydrogen) atoms. The number of carbonyl (C=O) groups is 1. The largest absolute Gasteiger partial charge is 0.330 e. The zero-order valence-corrected chi connectivity index (χ0v) is 18.2.